The minimum Gasteiger partial charge on any atom is -0.494 e. The van der Waals surface area contributed by atoms with E-state index in [0.717, 1.165) is 49.3 Å². The van der Waals surface area contributed by atoms with Crippen molar-refractivity contribution in [2.75, 3.05) is 40.0 Å². The molecule has 3 aromatic rings. The summed E-state index contributed by atoms with van der Waals surface area (Å²) < 4.78 is 12.8. The number of carbonyl (C=O) groups is 1. The number of nitrogens with zero attached hydrogens (tertiary/aromatic N) is 3. The molecular weight excluding hydrogens is 408 g/mol. The van der Waals surface area contributed by atoms with E-state index >= 15 is 0 Å². The van der Waals surface area contributed by atoms with Crippen LogP contribution in [0, 0.1) is 0 Å². The SMILES string of the molecule is COc1cccc2c(C(=O)N[C@H](C)[C@@H](O)c3ccccc3)nn(CCN3CCOCC3)c12. The van der Waals surface area contributed by atoms with Crippen LogP contribution in [-0.4, -0.2) is 71.7 Å². The lowest BCUT2D eigenvalue weighted by Gasteiger charge is -2.26. The minimum atomic E-state index is -0.815. The average Bonchev–Trinajstić information content (AvgIpc) is 3.22. The summed E-state index contributed by atoms with van der Waals surface area (Å²) in [6.45, 7) is 6.47. The van der Waals surface area contributed by atoms with E-state index in [2.05, 4.69) is 15.3 Å². The Hall–Kier alpha value is -2.94. The molecule has 4 rings (SSSR count). The summed E-state index contributed by atoms with van der Waals surface area (Å²) in [5.41, 5.74) is 1.88. The summed E-state index contributed by atoms with van der Waals surface area (Å²) in [6.07, 6.45) is -0.815. The van der Waals surface area contributed by atoms with E-state index < -0.39 is 12.1 Å². The Morgan fingerprint density at radius 1 is 1.16 bits per heavy atom. The van der Waals surface area contributed by atoms with Gasteiger partial charge in [-0.1, -0.05) is 42.5 Å². The number of para-hydroxylation sites is 1. The lowest BCUT2D eigenvalue weighted by Crippen LogP contribution is -2.38. The topological polar surface area (TPSA) is 88.8 Å². The van der Waals surface area contributed by atoms with Gasteiger partial charge in [0.05, 0.1) is 39.0 Å². The molecule has 0 spiro atoms. The van der Waals surface area contributed by atoms with Crippen molar-refractivity contribution in [1.29, 1.82) is 0 Å². The van der Waals surface area contributed by atoms with Crippen LogP contribution in [0.15, 0.2) is 48.5 Å². The molecule has 1 amide bonds. The molecule has 0 radical (unpaired) electrons. The molecular formula is C24H30N4O4. The van der Waals surface area contributed by atoms with Gasteiger partial charge in [-0.15, -0.1) is 0 Å². The number of nitrogens with one attached hydrogen (secondary N) is 1. The van der Waals surface area contributed by atoms with Gasteiger partial charge in [-0.3, -0.25) is 14.4 Å². The maximum absolute atomic E-state index is 13.2. The number of benzene rings is 2. The molecule has 8 nitrogen and oxygen atoms in total. The summed E-state index contributed by atoms with van der Waals surface area (Å²) in [5.74, 6) is 0.351. The zero-order valence-electron chi connectivity index (χ0n) is 18.5. The number of ether oxygens (including phenoxy) is 2. The number of morpholine rings is 1. The largest absolute Gasteiger partial charge is 0.494 e. The Morgan fingerprint density at radius 3 is 2.62 bits per heavy atom. The second-order valence-electron chi connectivity index (χ2n) is 8.00. The van der Waals surface area contributed by atoms with Gasteiger partial charge in [0.2, 0.25) is 0 Å². The second-order valence-corrected chi connectivity index (χ2v) is 8.00. The number of rotatable bonds is 8. The Kier molecular flexibility index (Phi) is 7.04. The molecule has 1 aromatic heterocycles. The van der Waals surface area contributed by atoms with Gasteiger partial charge in [0.15, 0.2) is 5.69 Å². The highest BCUT2D eigenvalue weighted by atomic mass is 16.5. The molecule has 2 N–H and O–H groups in total. The Morgan fingerprint density at radius 2 is 1.91 bits per heavy atom. The van der Waals surface area contributed by atoms with Crippen LogP contribution in [0.5, 0.6) is 5.75 Å². The highest BCUT2D eigenvalue weighted by molar-refractivity contribution is 6.06. The van der Waals surface area contributed by atoms with Gasteiger partial charge in [-0.05, 0) is 18.6 Å². The fourth-order valence-corrected chi connectivity index (χ4v) is 4.05. The predicted molar refractivity (Wildman–Crippen MR) is 122 cm³/mol. The molecule has 0 bridgehead atoms. The van der Waals surface area contributed by atoms with Crippen molar-refractivity contribution in [2.24, 2.45) is 0 Å². The first-order chi connectivity index (χ1) is 15.6. The van der Waals surface area contributed by atoms with E-state index in [-0.39, 0.29) is 5.91 Å². The molecule has 1 fully saturated rings. The lowest BCUT2D eigenvalue weighted by molar-refractivity contribution is 0.0361. The molecule has 0 unspecified atom stereocenters. The highest BCUT2D eigenvalue weighted by Crippen LogP contribution is 2.28. The van der Waals surface area contributed by atoms with Crippen molar-refractivity contribution < 1.29 is 19.4 Å². The number of hydrogen-bond donors (Lipinski definition) is 2. The van der Waals surface area contributed by atoms with Gasteiger partial charge in [0.25, 0.3) is 5.91 Å². The van der Waals surface area contributed by atoms with Crippen molar-refractivity contribution in [1.82, 2.24) is 20.0 Å². The molecule has 2 atom stereocenters. The number of carbonyl (C=O) groups excluding carboxylic acids is 1. The van der Waals surface area contributed by atoms with Crippen LogP contribution in [-0.2, 0) is 11.3 Å². The number of fused-ring (bicyclic) bond motifs is 1. The number of aliphatic hydroxyl groups excluding tert-OH is 1. The summed E-state index contributed by atoms with van der Waals surface area (Å²) in [5, 5.41) is 18.9. The van der Waals surface area contributed by atoms with E-state index in [4.69, 9.17) is 9.47 Å². The summed E-state index contributed by atoms with van der Waals surface area (Å²) in [6, 6.07) is 14.4. The summed E-state index contributed by atoms with van der Waals surface area (Å²) >= 11 is 0. The van der Waals surface area contributed by atoms with Crippen molar-refractivity contribution in [3.8, 4) is 5.75 Å². The number of hydrogen-bond acceptors (Lipinski definition) is 6. The minimum absolute atomic E-state index is 0.323. The summed E-state index contributed by atoms with van der Waals surface area (Å²) in [4.78, 5) is 15.5. The van der Waals surface area contributed by atoms with E-state index in [1.54, 1.807) is 14.0 Å². The van der Waals surface area contributed by atoms with Crippen LogP contribution in [0.2, 0.25) is 0 Å². The third-order valence-corrected chi connectivity index (χ3v) is 5.87. The Bertz CT molecular complexity index is 1050. The molecule has 1 saturated heterocycles. The molecule has 170 valence electrons. The predicted octanol–water partition coefficient (Wildman–Crippen LogP) is 2.23. The molecule has 0 aliphatic carbocycles. The fourth-order valence-electron chi connectivity index (χ4n) is 4.05. The van der Waals surface area contributed by atoms with Crippen molar-refractivity contribution in [3.63, 3.8) is 0 Å². The van der Waals surface area contributed by atoms with Crippen LogP contribution in [0.4, 0.5) is 0 Å². The van der Waals surface area contributed by atoms with Crippen molar-refractivity contribution in [2.45, 2.75) is 25.6 Å². The van der Waals surface area contributed by atoms with Crippen LogP contribution in [0.1, 0.15) is 29.1 Å². The quantitative estimate of drug-likeness (QED) is 0.561. The molecule has 2 heterocycles. The zero-order valence-corrected chi connectivity index (χ0v) is 18.5. The number of aromatic nitrogens is 2. The monoisotopic (exact) mass is 438 g/mol. The fraction of sp³-hybridized carbons (Fsp3) is 0.417. The molecule has 32 heavy (non-hydrogen) atoms. The summed E-state index contributed by atoms with van der Waals surface area (Å²) in [7, 11) is 1.62. The van der Waals surface area contributed by atoms with Gasteiger partial charge in [0, 0.05) is 25.0 Å². The first-order valence-electron chi connectivity index (χ1n) is 11.0. The Balaban J connectivity index is 1.56. The molecule has 8 heteroatoms. The van der Waals surface area contributed by atoms with Gasteiger partial charge in [-0.25, -0.2) is 0 Å². The zero-order chi connectivity index (χ0) is 22.5. The maximum atomic E-state index is 13.2. The lowest BCUT2D eigenvalue weighted by atomic mass is 10.0. The molecule has 1 aliphatic rings. The van der Waals surface area contributed by atoms with Crippen molar-refractivity contribution in [3.05, 3.63) is 59.8 Å². The maximum Gasteiger partial charge on any atom is 0.272 e. The first kappa shape index (κ1) is 22.3. The van der Waals surface area contributed by atoms with Crippen LogP contribution >= 0.6 is 0 Å². The van der Waals surface area contributed by atoms with E-state index in [1.165, 1.54) is 0 Å². The van der Waals surface area contributed by atoms with E-state index in [9.17, 15) is 9.90 Å². The van der Waals surface area contributed by atoms with E-state index in [0.29, 0.717) is 18.0 Å². The average molecular weight is 439 g/mol. The highest BCUT2D eigenvalue weighted by Gasteiger charge is 2.24. The molecule has 1 aliphatic heterocycles. The number of amides is 1. The van der Waals surface area contributed by atoms with Crippen LogP contribution in [0.25, 0.3) is 10.9 Å². The first-order valence-corrected chi connectivity index (χ1v) is 11.0. The van der Waals surface area contributed by atoms with Gasteiger partial charge < -0.3 is 19.9 Å². The molecule has 0 saturated carbocycles. The van der Waals surface area contributed by atoms with Crippen LogP contribution < -0.4 is 10.1 Å². The normalized spacial score (nSPS) is 16.6. The standard InChI is InChI=1S/C24H30N4O4/c1-17(23(29)18-7-4-3-5-8-18)25-24(30)21-19-9-6-10-20(31-2)22(19)28(26-21)12-11-27-13-15-32-16-14-27/h3-10,17,23,29H,11-16H2,1-2H3,(H,25,30)/t17-,23-/m1/s1. The smallest absolute Gasteiger partial charge is 0.272 e. The Labute approximate surface area is 187 Å². The number of aliphatic hydroxyl groups is 1. The van der Waals surface area contributed by atoms with Gasteiger partial charge in [0.1, 0.15) is 11.3 Å². The number of methoxy groups -OCH3 is 1. The van der Waals surface area contributed by atoms with Gasteiger partial charge >= 0.3 is 0 Å². The van der Waals surface area contributed by atoms with Crippen molar-refractivity contribution >= 4 is 16.8 Å². The second kappa shape index (κ2) is 10.1. The third kappa shape index (κ3) is 4.77. The van der Waals surface area contributed by atoms with Crippen LogP contribution in [0.3, 0.4) is 0 Å². The third-order valence-electron chi connectivity index (χ3n) is 5.87. The molecule has 2 aromatic carbocycles. The van der Waals surface area contributed by atoms with Gasteiger partial charge in [-0.2, -0.15) is 5.10 Å². The van der Waals surface area contributed by atoms with E-state index in [1.807, 2.05) is 53.2 Å².